The zero-order valence-corrected chi connectivity index (χ0v) is 17.4. The molecule has 0 fully saturated rings. The van der Waals surface area contributed by atoms with Gasteiger partial charge < -0.3 is 14.4 Å². The Morgan fingerprint density at radius 3 is 2.45 bits per heavy atom. The van der Waals surface area contributed by atoms with Gasteiger partial charge in [0.15, 0.2) is 5.75 Å². The van der Waals surface area contributed by atoms with E-state index in [1.807, 2.05) is 71.3 Å². The van der Waals surface area contributed by atoms with E-state index in [2.05, 4.69) is 0 Å². The highest BCUT2D eigenvalue weighted by atomic mass is 35.5. The normalized spacial score (nSPS) is 10.9. The minimum atomic E-state index is -1.52. The number of aromatic nitrogens is 1. The largest absolute Gasteiger partial charge is 0.511 e. The van der Waals surface area contributed by atoms with E-state index in [0.717, 1.165) is 28.6 Å². The van der Waals surface area contributed by atoms with Gasteiger partial charge in [0.2, 0.25) is 5.43 Å². The van der Waals surface area contributed by atoms with Crippen molar-refractivity contribution in [1.29, 1.82) is 0 Å². The Morgan fingerprint density at radius 1 is 0.968 bits per heavy atom. The predicted molar refractivity (Wildman–Crippen MR) is 121 cm³/mol. The monoisotopic (exact) mass is 433 g/mol. The number of carbonyl (C=O) groups is 1. The van der Waals surface area contributed by atoms with Gasteiger partial charge in [-0.25, -0.2) is 4.79 Å². The molecule has 1 N–H and O–H groups in total. The molecule has 156 valence electrons. The second kappa shape index (κ2) is 9.06. The van der Waals surface area contributed by atoms with E-state index in [-0.39, 0.29) is 5.75 Å². The second-order valence-electron chi connectivity index (χ2n) is 7.24. The molecule has 0 amide bonds. The number of benzene rings is 3. The lowest BCUT2D eigenvalue weighted by Crippen LogP contribution is -2.17. The summed E-state index contributed by atoms with van der Waals surface area (Å²) in [6.45, 7) is 0.570. The predicted octanol–water partition coefficient (Wildman–Crippen LogP) is 5.55. The number of rotatable bonds is 6. The Labute approximate surface area is 184 Å². The summed E-state index contributed by atoms with van der Waals surface area (Å²) in [6, 6.07) is 23.1. The lowest BCUT2D eigenvalue weighted by atomic mass is 10.0. The van der Waals surface area contributed by atoms with E-state index in [4.69, 9.17) is 21.4 Å². The minimum absolute atomic E-state index is 0.206. The molecule has 6 heteroatoms. The van der Waals surface area contributed by atoms with Crippen LogP contribution in [0.4, 0.5) is 4.79 Å². The number of hydrogen-bond donors (Lipinski definition) is 1. The van der Waals surface area contributed by atoms with Gasteiger partial charge in [-0.1, -0.05) is 66.2 Å². The van der Waals surface area contributed by atoms with E-state index in [9.17, 15) is 9.59 Å². The van der Waals surface area contributed by atoms with Crippen molar-refractivity contribution < 1.29 is 14.6 Å². The minimum Gasteiger partial charge on any atom is -0.449 e. The quantitative estimate of drug-likeness (QED) is 0.405. The van der Waals surface area contributed by atoms with Gasteiger partial charge in [-0.15, -0.1) is 0 Å². The number of ether oxygens (including phenoxy) is 1. The molecule has 3 aromatic carbocycles. The summed E-state index contributed by atoms with van der Waals surface area (Å²) in [5, 5.41) is 10.1. The fourth-order valence-electron chi connectivity index (χ4n) is 3.64. The first kappa shape index (κ1) is 20.7. The highest BCUT2D eigenvalue weighted by Crippen LogP contribution is 2.23. The zero-order valence-electron chi connectivity index (χ0n) is 16.6. The van der Waals surface area contributed by atoms with E-state index in [0.29, 0.717) is 23.4 Å². The van der Waals surface area contributed by atoms with E-state index >= 15 is 0 Å². The molecule has 31 heavy (non-hydrogen) atoms. The van der Waals surface area contributed by atoms with Gasteiger partial charge in [-0.05, 0) is 47.7 Å². The molecular formula is C25H20ClNO4. The maximum atomic E-state index is 12.9. The van der Waals surface area contributed by atoms with E-state index < -0.39 is 11.6 Å². The molecule has 1 aromatic heterocycles. The maximum absolute atomic E-state index is 12.9. The summed E-state index contributed by atoms with van der Waals surface area (Å²) in [6.07, 6.45) is 1.24. The van der Waals surface area contributed by atoms with Gasteiger partial charge >= 0.3 is 6.16 Å². The van der Waals surface area contributed by atoms with Crippen LogP contribution in [0.15, 0.2) is 83.8 Å². The number of pyridine rings is 1. The summed E-state index contributed by atoms with van der Waals surface area (Å²) in [7, 11) is 0. The number of hydrogen-bond acceptors (Lipinski definition) is 3. The molecule has 4 aromatic rings. The lowest BCUT2D eigenvalue weighted by molar-refractivity contribution is 0.144. The molecule has 0 aliphatic carbocycles. The average molecular weight is 434 g/mol. The van der Waals surface area contributed by atoms with Crippen LogP contribution in [0, 0.1) is 0 Å². The summed E-state index contributed by atoms with van der Waals surface area (Å²) >= 11 is 6.28. The van der Waals surface area contributed by atoms with Crippen molar-refractivity contribution in [2.45, 2.75) is 19.4 Å². The molecule has 0 aliphatic heterocycles. The molecule has 0 radical (unpaired) electrons. The Hall–Kier alpha value is -3.57. The third-order valence-electron chi connectivity index (χ3n) is 5.15. The number of aryl methyl sites for hydroxylation is 2. The highest BCUT2D eigenvalue weighted by Gasteiger charge is 2.14. The first-order chi connectivity index (χ1) is 15.0. The first-order valence-corrected chi connectivity index (χ1v) is 10.2. The van der Waals surface area contributed by atoms with Crippen molar-refractivity contribution in [3.63, 3.8) is 0 Å². The summed E-state index contributed by atoms with van der Waals surface area (Å²) in [5.74, 6) is -0.206. The van der Waals surface area contributed by atoms with Crippen molar-refractivity contribution in [3.05, 3.63) is 111 Å². The first-order valence-electron chi connectivity index (χ1n) is 9.85. The molecule has 0 aliphatic rings. The smallest absolute Gasteiger partial charge is 0.449 e. The van der Waals surface area contributed by atoms with Crippen LogP contribution >= 0.6 is 11.6 Å². The van der Waals surface area contributed by atoms with Crippen LogP contribution in [0.3, 0.4) is 0 Å². The molecule has 1 heterocycles. The summed E-state index contributed by atoms with van der Waals surface area (Å²) in [5.41, 5.74) is 3.27. The van der Waals surface area contributed by atoms with Crippen molar-refractivity contribution in [2.75, 3.05) is 0 Å². The van der Waals surface area contributed by atoms with Gasteiger partial charge in [0.1, 0.15) is 0 Å². The lowest BCUT2D eigenvalue weighted by Gasteiger charge is -2.14. The Kier molecular flexibility index (Phi) is 6.05. The molecule has 0 saturated heterocycles. The van der Waals surface area contributed by atoms with Gasteiger partial charge in [0, 0.05) is 17.0 Å². The molecule has 0 spiro atoms. The van der Waals surface area contributed by atoms with Crippen molar-refractivity contribution in [3.8, 4) is 5.75 Å². The van der Waals surface area contributed by atoms with Crippen LogP contribution in [0.25, 0.3) is 10.9 Å². The second-order valence-corrected chi connectivity index (χ2v) is 7.65. The molecule has 4 rings (SSSR count). The molecule has 0 bridgehead atoms. The third kappa shape index (κ3) is 4.78. The van der Waals surface area contributed by atoms with Crippen LogP contribution in [0.2, 0.25) is 5.02 Å². The van der Waals surface area contributed by atoms with Gasteiger partial charge in [-0.2, -0.15) is 0 Å². The topological polar surface area (TPSA) is 68.5 Å². The number of carboxylic acid groups (broad SMARTS) is 1. The van der Waals surface area contributed by atoms with Gasteiger partial charge in [0.05, 0.1) is 11.7 Å². The van der Waals surface area contributed by atoms with Crippen LogP contribution in [0.5, 0.6) is 5.75 Å². The van der Waals surface area contributed by atoms with Crippen molar-refractivity contribution >= 4 is 28.7 Å². The van der Waals surface area contributed by atoms with Gasteiger partial charge in [0.25, 0.3) is 0 Å². The molecule has 0 atom stereocenters. The maximum Gasteiger partial charge on any atom is 0.511 e. The Bertz CT molecular complexity index is 1300. The van der Waals surface area contributed by atoms with E-state index in [1.54, 1.807) is 6.07 Å². The third-order valence-corrected chi connectivity index (χ3v) is 5.51. The molecule has 5 nitrogen and oxygen atoms in total. The van der Waals surface area contributed by atoms with E-state index in [1.165, 1.54) is 6.20 Å². The van der Waals surface area contributed by atoms with Crippen LogP contribution in [0.1, 0.15) is 16.7 Å². The number of fused-ring (bicyclic) bond motifs is 1. The van der Waals surface area contributed by atoms with Crippen LogP contribution in [-0.4, -0.2) is 15.8 Å². The highest BCUT2D eigenvalue weighted by molar-refractivity contribution is 6.31. The number of nitrogens with zero attached hydrogens (tertiary/aromatic N) is 1. The van der Waals surface area contributed by atoms with Crippen molar-refractivity contribution in [2.24, 2.45) is 0 Å². The molecule has 0 saturated carbocycles. The molecule has 0 unspecified atom stereocenters. The number of halogens is 1. The average Bonchev–Trinajstić information content (AvgIpc) is 2.77. The van der Waals surface area contributed by atoms with Crippen molar-refractivity contribution in [1.82, 2.24) is 4.57 Å². The summed E-state index contributed by atoms with van der Waals surface area (Å²) < 4.78 is 6.65. The Balaban J connectivity index is 1.75. The van der Waals surface area contributed by atoms with Gasteiger partial charge in [-0.3, -0.25) is 4.79 Å². The SMILES string of the molecule is O=C(O)Oc1cn(CCc2ccccc2)c2ccc(Cc3ccccc3Cl)cc2c1=O. The molecular weight excluding hydrogens is 414 g/mol. The summed E-state index contributed by atoms with van der Waals surface area (Å²) in [4.78, 5) is 24.0. The standard InChI is InChI=1S/C25H20ClNO4/c26-21-9-5-4-8-19(21)14-18-10-11-22-20(15-18)24(28)23(31-25(29)30)16-27(22)13-12-17-6-2-1-3-7-17/h1-11,15-16H,12-14H2,(H,29,30). The fraction of sp³-hybridized carbons (Fsp3) is 0.120. The zero-order chi connectivity index (χ0) is 21.8. The van der Waals surface area contributed by atoms with Crippen LogP contribution in [-0.2, 0) is 19.4 Å². The Morgan fingerprint density at radius 2 is 1.71 bits per heavy atom. The fourth-order valence-corrected chi connectivity index (χ4v) is 3.84. The van der Waals surface area contributed by atoms with Crippen LogP contribution < -0.4 is 10.2 Å².